The molecule has 1 aromatic heterocycles. The molecule has 19 heavy (non-hydrogen) atoms. The predicted molar refractivity (Wildman–Crippen MR) is 70.7 cm³/mol. The van der Waals surface area contributed by atoms with Gasteiger partial charge in [-0.15, -0.1) is 0 Å². The lowest BCUT2D eigenvalue weighted by Crippen LogP contribution is -2.42. The Kier molecular flexibility index (Phi) is 4.14. The molecule has 0 unspecified atom stereocenters. The number of furan rings is 1. The van der Waals surface area contributed by atoms with Crippen LogP contribution in [-0.4, -0.2) is 46.6 Å². The normalized spacial score (nSPS) is 18.9. The van der Waals surface area contributed by atoms with Crippen molar-refractivity contribution in [3.8, 4) is 0 Å². The first-order valence-electron chi connectivity index (χ1n) is 5.92. The first kappa shape index (κ1) is 14.7. The second kappa shape index (κ2) is 5.35. The van der Waals surface area contributed by atoms with E-state index in [-0.39, 0.29) is 30.4 Å². The smallest absolute Gasteiger partial charge is 0.246 e. The van der Waals surface area contributed by atoms with Crippen molar-refractivity contribution >= 4 is 20.8 Å². The molecule has 0 spiro atoms. The molecule has 0 radical (unpaired) electrons. The molecule has 1 fully saturated rings. The summed E-state index contributed by atoms with van der Waals surface area (Å²) >= 11 is 0. The lowest BCUT2D eigenvalue weighted by atomic mass is 10.2. The molecule has 1 saturated heterocycles. The fraction of sp³-hybridized carbons (Fsp3) is 0.636. The van der Waals surface area contributed by atoms with E-state index in [1.807, 2.05) is 0 Å². The molecule has 1 aliphatic heterocycles. The average Bonchev–Trinajstić information content (AvgIpc) is 2.64. The number of rotatable bonds is 3. The number of aliphatic hydroxyl groups excluding tert-OH is 1. The molecule has 6 nitrogen and oxygen atoms in total. The molecule has 8 heteroatoms. The quantitative estimate of drug-likeness (QED) is 0.858. The van der Waals surface area contributed by atoms with Crippen molar-refractivity contribution in [1.82, 2.24) is 4.31 Å². The molecule has 1 N–H and O–H groups in total. The Labute approximate surface area is 114 Å². The van der Waals surface area contributed by atoms with Crippen LogP contribution in [0.4, 0.5) is 0 Å². The third-order valence-corrected chi connectivity index (χ3v) is 6.59. The van der Waals surface area contributed by atoms with Crippen molar-refractivity contribution in [1.29, 1.82) is 0 Å². The van der Waals surface area contributed by atoms with Gasteiger partial charge in [-0.25, -0.2) is 8.42 Å². The average molecular weight is 307 g/mol. The Morgan fingerprint density at radius 1 is 1.26 bits per heavy atom. The van der Waals surface area contributed by atoms with E-state index in [0.29, 0.717) is 22.8 Å². The van der Waals surface area contributed by atoms with Gasteiger partial charge in [0.25, 0.3) is 0 Å². The largest absolute Gasteiger partial charge is 0.465 e. The standard InChI is InChI=1S/C11H17NO5S2/c1-8-10(7-13)11(9(2)17-8)19(15,16)12-3-5-18(14)6-4-12/h13H,3-7H2,1-2H3. The summed E-state index contributed by atoms with van der Waals surface area (Å²) < 4.78 is 43.0. The fourth-order valence-electron chi connectivity index (χ4n) is 2.22. The molecule has 1 aliphatic rings. The van der Waals surface area contributed by atoms with E-state index in [4.69, 9.17) is 4.42 Å². The van der Waals surface area contributed by atoms with E-state index in [1.165, 1.54) is 4.31 Å². The summed E-state index contributed by atoms with van der Waals surface area (Å²) in [6.45, 7) is 3.30. The third-order valence-electron chi connectivity index (χ3n) is 3.22. The van der Waals surface area contributed by atoms with Crippen LogP contribution in [0.5, 0.6) is 0 Å². The molecule has 0 atom stereocenters. The van der Waals surface area contributed by atoms with E-state index >= 15 is 0 Å². The highest BCUT2D eigenvalue weighted by molar-refractivity contribution is 7.89. The van der Waals surface area contributed by atoms with Gasteiger partial charge >= 0.3 is 0 Å². The van der Waals surface area contributed by atoms with E-state index in [1.54, 1.807) is 13.8 Å². The van der Waals surface area contributed by atoms with Gasteiger partial charge in [0.1, 0.15) is 16.4 Å². The molecular weight excluding hydrogens is 290 g/mol. The van der Waals surface area contributed by atoms with Crippen molar-refractivity contribution in [2.45, 2.75) is 25.3 Å². The maximum absolute atomic E-state index is 12.6. The van der Waals surface area contributed by atoms with Crippen molar-refractivity contribution in [2.24, 2.45) is 0 Å². The first-order valence-corrected chi connectivity index (χ1v) is 8.85. The summed E-state index contributed by atoms with van der Waals surface area (Å²) in [7, 11) is -4.63. The third kappa shape index (κ3) is 2.62. The second-order valence-electron chi connectivity index (χ2n) is 4.43. The van der Waals surface area contributed by atoms with Gasteiger partial charge in [0.05, 0.1) is 6.61 Å². The van der Waals surface area contributed by atoms with Crippen molar-refractivity contribution in [3.05, 3.63) is 17.1 Å². The van der Waals surface area contributed by atoms with Crippen LogP contribution in [-0.2, 0) is 27.4 Å². The van der Waals surface area contributed by atoms with Gasteiger partial charge in [0.15, 0.2) is 0 Å². The summed E-state index contributed by atoms with van der Waals surface area (Å²) in [5, 5.41) is 9.32. The maximum Gasteiger partial charge on any atom is 0.246 e. The highest BCUT2D eigenvalue weighted by Gasteiger charge is 2.33. The van der Waals surface area contributed by atoms with E-state index in [0.717, 1.165) is 0 Å². The molecule has 0 aliphatic carbocycles. The number of hydrogen-bond donors (Lipinski definition) is 1. The van der Waals surface area contributed by atoms with Gasteiger partial charge < -0.3 is 9.52 Å². The van der Waals surface area contributed by atoms with Crippen molar-refractivity contribution in [3.63, 3.8) is 0 Å². The molecule has 1 aromatic rings. The minimum Gasteiger partial charge on any atom is -0.465 e. The van der Waals surface area contributed by atoms with Gasteiger partial charge in [-0.1, -0.05) is 0 Å². The molecular formula is C11H17NO5S2. The number of nitrogens with zero attached hydrogens (tertiary/aromatic N) is 1. The lowest BCUT2D eigenvalue weighted by Gasteiger charge is -2.25. The fourth-order valence-corrected chi connectivity index (χ4v) is 5.35. The van der Waals surface area contributed by atoms with E-state index in [9.17, 15) is 17.7 Å². The summed E-state index contributed by atoms with van der Waals surface area (Å²) in [5.74, 6) is 1.40. The van der Waals surface area contributed by atoms with Crippen LogP contribution in [0.15, 0.2) is 9.31 Å². The van der Waals surface area contributed by atoms with Gasteiger partial charge in [-0.2, -0.15) is 4.31 Å². The number of aryl methyl sites for hydroxylation is 2. The molecule has 0 aromatic carbocycles. The highest BCUT2D eigenvalue weighted by Crippen LogP contribution is 2.29. The van der Waals surface area contributed by atoms with Gasteiger partial charge in [-0.3, -0.25) is 4.21 Å². The molecule has 0 saturated carbocycles. The summed E-state index contributed by atoms with van der Waals surface area (Å²) in [5.41, 5.74) is 0.309. The predicted octanol–water partition coefficient (Wildman–Crippen LogP) is 0.142. The molecule has 2 rings (SSSR count). The van der Waals surface area contributed by atoms with Crippen LogP contribution >= 0.6 is 0 Å². The maximum atomic E-state index is 12.6. The van der Waals surface area contributed by atoms with Gasteiger partial charge in [0.2, 0.25) is 10.0 Å². The van der Waals surface area contributed by atoms with E-state index < -0.39 is 20.8 Å². The SMILES string of the molecule is Cc1oc(C)c(S(=O)(=O)N2CCS(=O)CC2)c1CO. The van der Waals surface area contributed by atoms with Crippen LogP contribution in [0.25, 0.3) is 0 Å². The summed E-state index contributed by atoms with van der Waals surface area (Å²) in [6, 6.07) is 0. The Bertz CT molecular complexity index is 595. The van der Waals surface area contributed by atoms with Crippen molar-refractivity contribution < 1.29 is 22.2 Å². The van der Waals surface area contributed by atoms with Crippen molar-refractivity contribution in [2.75, 3.05) is 24.6 Å². The van der Waals surface area contributed by atoms with Crippen LogP contribution in [0, 0.1) is 13.8 Å². The Morgan fingerprint density at radius 2 is 1.84 bits per heavy atom. The van der Waals surface area contributed by atoms with Gasteiger partial charge in [0, 0.05) is 41.0 Å². The van der Waals surface area contributed by atoms with Crippen LogP contribution in [0.3, 0.4) is 0 Å². The molecule has 0 bridgehead atoms. The Balaban J connectivity index is 2.42. The summed E-state index contributed by atoms with van der Waals surface area (Å²) in [4.78, 5) is 0.0557. The Hall–Kier alpha value is -0.700. The van der Waals surface area contributed by atoms with Crippen LogP contribution in [0.2, 0.25) is 0 Å². The zero-order chi connectivity index (χ0) is 14.2. The summed E-state index contributed by atoms with van der Waals surface area (Å²) in [6.07, 6.45) is 0. The number of sulfonamides is 1. The van der Waals surface area contributed by atoms with Gasteiger partial charge in [-0.05, 0) is 13.8 Å². The van der Waals surface area contributed by atoms with Crippen LogP contribution in [0.1, 0.15) is 17.1 Å². The highest BCUT2D eigenvalue weighted by atomic mass is 32.2. The lowest BCUT2D eigenvalue weighted by molar-refractivity contribution is 0.276. The van der Waals surface area contributed by atoms with E-state index in [2.05, 4.69) is 0 Å². The minimum absolute atomic E-state index is 0.0557. The molecule has 0 amide bonds. The number of aliphatic hydroxyl groups is 1. The second-order valence-corrected chi connectivity index (χ2v) is 8.00. The minimum atomic E-state index is -3.69. The zero-order valence-corrected chi connectivity index (χ0v) is 12.5. The first-order chi connectivity index (χ1) is 8.87. The zero-order valence-electron chi connectivity index (χ0n) is 10.9. The number of hydrogen-bond acceptors (Lipinski definition) is 5. The monoisotopic (exact) mass is 307 g/mol. The molecule has 2 heterocycles. The topological polar surface area (TPSA) is 87.8 Å². The molecule has 108 valence electrons. The Morgan fingerprint density at radius 3 is 2.37 bits per heavy atom. The van der Waals surface area contributed by atoms with Crippen LogP contribution < -0.4 is 0 Å².